The predicted octanol–water partition coefficient (Wildman–Crippen LogP) is 12.1. The fourth-order valence-electron chi connectivity index (χ4n) is 6.53. The molecule has 2 heterocycles. The second-order valence-corrected chi connectivity index (χ2v) is 15.4. The molecule has 0 aliphatic heterocycles. The van der Waals surface area contributed by atoms with Gasteiger partial charge in [-0.1, -0.05) is 48.2 Å². The first-order valence-corrected chi connectivity index (χ1v) is 19.9. The van der Waals surface area contributed by atoms with Gasteiger partial charge in [0.05, 0.1) is 52.4 Å². The Hall–Kier alpha value is -6.71. The van der Waals surface area contributed by atoms with Crippen LogP contribution >= 0.6 is 22.7 Å². The number of hydrogen-bond acceptors (Lipinski definition) is 8. The van der Waals surface area contributed by atoms with E-state index in [4.69, 9.17) is 29.4 Å². The van der Waals surface area contributed by atoms with Crippen molar-refractivity contribution in [2.75, 3.05) is 20.3 Å². The van der Waals surface area contributed by atoms with Gasteiger partial charge in [0.15, 0.2) is 0 Å². The minimum atomic E-state index is 0.619. The van der Waals surface area contributed by atoms with E-state index in [1.54, 1.807) is 29.8 Å². The van der Waals surface area contributed by atoms with E-state index in [0.29, 0.717) is 18.8 Å². The second kappa shape index (κ2) is 15.6. The fourth-order valence-corrected chi connectivity index (χ4v) is 8.50. The SMILES string of the molecule is COc1ccc2cc(C#Cc3ccc4cc(OCCCCOc5ccc(-c6nc7cc8sc(-c9ccc(C#N)cc9)nc8cc7s6)cc5)ccc4c3)ccc2c1. The molecule has 0 aliphatic carbocycles. The standard InChI is InChI=1S/C48H33N3O3S2/c1-52-41-20-16-36-24-31(6-12-38(36)26-41)4-5-32-7-13-39-27-42(21-17-37(39)25-32)54-23-3-2-22-53-40-18-14-35(15-19-40)48-51-44-29-45-43(28-46(44)56-48)50-47(55-45)34-10-8-33(30-49)9-11-34/h6-21,24-29H,2-3,22-23H2,1H3. The molecule has 9 rings (SSSR count). The number of hydrogen-bond donors (Lipinski definition) is 0. The lowest BCUT2D eigenvalue weighted by atomic mass is 10.1. The highest BCUT2D eigenvalue weighted by Gasteiger charge is 2.12. The first-order valence-electron chi connectivity index (χ1n) is 18.3. The zero-order valence-electron chi connectivity index (χ0n) is 30.4. The summed E-state index contributed by atoms with van der Waals surface area (Å²) < 4.78 is 19.7. The molecule has 0 amide bonds. The van der Waals surface area contributed by atoms with Gasteiger partial charge in [-0.2, -0.15) is 5.26 Å². The zero-order chi connectivity index (χ0) is 37.8. The van der Waals surface area contributed by atoms with Crippen LogP contribution in [0, 0.1) is 23.2 Å². The van der Waals surface area contributed by atoms with Crippen LogP contribution in [0.1, 0.15) is 29.5 Å². The third-order valence-corrected chi connectivity index (χ3v) is 11.7. The molecule has 9 aromatic rings. The van der Waals surface area contributed by atoms with Crippen LogP contribution < -0.4 is 14.2 Å². The molecule has 0 unspecified atom stereocenters. The Morgan fingerprint density at radius 3 is 1.50 bits per heavy atom. The molecule has 0 fully saturated rings. The summed E-state index contributed by atoms with van der Waals surface area (Å²) in [5, 5.41) is 15.5. The molecule has 0 saturated heterocycles. The first kappa shape index (κ1) is 35.0. The van der Waals surface area contributed by atoms with E-state index >= 15 is 0 Å². The first-order chi connectivity index (χ1) is 27.6. The van der Waals surface area contributed by atoms with Gasteiger partial charge in [0.1, 0.15) is 27.3 Å². The van der Waals surface area contributed by atoms with Crippen molar-refractivity contribution in [2.45, 2.75) is 12.8 Å². The number of thiazole rings is 2. The largest absolute Gasteiger partial charge is 0.497 e. The van der Waals surface area contributed by atoms with E-state index in [-0.39, 0.29) is 0 Å². The lowest BCUT2D eigenvalue weighted by Crippen LogP contribution is -2.02. The van der Waals surface area contributed by atoms with E-state index in [1.807, 2.05) is 60.7 Å². The maximum absolute atomic E-state index is 9.10. The Balaban J connectivity index is 0.746. The molecule has 0 N–H and O–H groups in total. The van der Waals surface area contributed by atoms with Crippen molar-refractivity contribution >= 4 is 64.7 Å². The second-order valence-electron chi connectivity index (χ2n) is 13.3. The van der Waals surface area contributed by atoms with E-state index < -0.39 is 0 Å². The molecule has 56 heavy (non-hydrogen) atoms. The highest BCUT2D eigenvalue weighted by Crippen LogP contribution is 2.37. The lowest BCUT2D eigenvalue weighted by molar-refractivity contribution is 0.266. The summed E-state index contributed by atoms with van der Waals surface area (Å²) >= 11 is 3.30. The third kappa shape index (κ3) is 7.62. The number of fused-ring (bicyclic) bond motifs is 4. The molecule has 0 atom stereocenters. The van der Waals surface area contributed by atoms with Crippen molar-refractivity contribution in [2.24, 2.45) is 0 Å². The topological polar surface area (TPSA) is 77.3 Å². The van der Waals surface area contributed by atoms with E-state index in [1.165, 1.54) is 0 Å². The number of rotatable bonds is 10. The van der Waals surface area contributed by atoms with Gasteiger partial charge in [-0.3, -0.25) is 0 Å². The van der Waals surface area contributed by atoms with E-state index in [0.717, 1.165) is 104 Å². The smallest absolute Gasteiger partial charge is 0.124 e. The molecule has 270 valence electrons. The van der Waals surface area contributed by atoms with Gasteiger partial charge in [-0.25, -0.2) is 9.97 Å². The molecule has 0 spiro atoms. The van der Waals surface area contributed by atoms with Crippen LogP contribution in [0.3, 0.4) is 0 Å². The van der Waals surface area contributed by atoms with Gasteiger partial charge in [-0.05, 0) is 131 Å². The van der Waals surface area contributed by atoms with Crippen molar-refractivity contribution in [3.63, 3.8) is 0 Å². The summed E-state index contributed by atoms with van der Waals surface area (Å²) in [6, 6.07) is 46.9. The number of unbranched alkanes of at least 4 members (excludes halogenated alkanes) is 1. The van der Waals surface area contributed by atoms with Crippen LogP contribution in [0.5, 0.6) is 17.2 Å². The minimum Gasteiger partial charge on any atom is -0.497 e. The molecular weight excluding hydrogens is 731 g/mol. The zero-order valence-corrected chi connectivity index (χ0v) is 32.0. The van der Waals surface area contributed by atoms with E-state index in [9.17, 15) is 0 Å². The summed E-state index contributed by atoms with van der Waals surface area (Å²) in [6.45, 7) is 1.24. The number of aromatic nitrogens is 2. The Bertz CT molecular complexity index is 2930. The number of ether oxygens (including phenoxy) is 3. The minimum absolute atomic E-state index is 0.619. The third-order valence-electron chi connectivity index (χ3n) is 9.55. The van der Waals surface area contributed by atoms with Crippen molar-refractivity contribution in [1.29, 1.82) is 5.26 Å². The maximum Gasteiger partial charge on any atom is 0.124 e. The highest BCUT2D eigenvalue weighted by molar-refractivity contribution is 7.23. The van der Waals surface area contributed by atoms with Gasteiger partial charge >= 0.3 is 0 Å². The molecule has 7 aromatic carbocycles. The molecule has 0 bridgehead atoms. The van der Waals surface area contributed by atoms with Crippen molar-refractivity contribution in [3.05, 3.63) is 150 Å². The maximum atomic E-state index is 9.10. The lowest BCUT2D eigenvalue weighted by Gasteiger charge is -2.09. The van der Waals surface area contributed by atoms with Crippen molar-refractivity contribution in [3.8, 4) is 56.3 Å². The number of methoxy groups -OCH3 is 1. The fraction of sp³-hybridized carbons (Fsp3) is 0.104. The molecule has 0 saturated carbocycles. The Kier molecular flexibility index (Phi) is 9.74. The quantitative estimate of drug-likeness (QED) is 0.102. The van der Waals surface area contributed by atoms with Crippen LogP contribution in [0.15, 0.2) is 133 Å². The number of benzene rings is 7. The van der Waals surface area contributed by atoms with Gasteiger partial charge < -0.3 is 14.2 Å². The van der Waals surface area contributed by atoms with E-state index in [2.05, 4.69) is 90.7 Å². The Labute approximate surface area is 332 Å². The highest BCUT2D eigenvalue weighted by atomic mass is 32.1. The molecular formula is C48H33N3O3S2. The Morgan fingerprint density at radius 2 is 0.946 bits per heavy atom. The van der Waals surface area contributed by atoms with Crippen LogP contribution in [0.25, 0.3) is 63.1 Å². The van der Waals surface area contributed by atoms with Crippen molar-refractivity contribution < 1.29 is 14.2 Å². The molecule has 0 aliphatic rings. The van der Waals surface area contributed by atoms with Crippen LogP contribution in [-0.4, -0.2) is 30.3 Å². The molecule has 2 aromatic heterocycles. The van der Waals surface area contributed by atoms with Gasteiger partial charge in [0.25, 0.3) is 0 Å². The van der Waals surface area contributed by atoms with Gasteiger partial charge in [0.2, 0.25) is 0 Å². The summed E-state index contributed by atoms with van der Waals surface area (Å²) in [7, 11) is 1.68. The summed E-state index contributed by atoms with van der Waals surface area (Å²) in [6.07, 6.45) is 1.78. The molecule has 6 nitrogen and oxygen atoms in total. The monoisotopic (exact) mass is 763 g/mol. The summed E-state index contributed by atoms with van der Waals surface area (Å²) in [5.41, 5.74) is 6.59. The number of nitriles is 1. The van der Waals surface area contributed by atoms with Gasteiger partial charge in [-0.15, -0.1) is 22.7 Å². The normalized spacial score (nSPS) is 11.1. The van der Waals surface area contributed by atoms with Crippen molar-refractivity contribution in [1.82, 2.24) is 9.97 Å². The summed E-state index contributed by atoms with van der Waals surface area (Å²) in [5.74, 6) is 9.18. The predicted molar refractivity (Wildman–Crippen MR) is 229 cm³/mol. The molecule has 8 heteroatoms. The number of nitrogens with zero attached hydrogens (tertiary/aromatic N) is 3. The van der Waals surface area contributed by atoms with Crippen LogP contribution in [-0.2, 0) is 0 Å². The van der Waals surface area contributed by atoms with Crippen LogP contribution in [0.4, 0.5) is 0 Å². The average molecular weight is 764 g/mol. The summed E-state index contributed by atoms with van der Waals surface area (Å²) in [4.78, 5) is 9.80. The molecule has 0 radical (unpaired) electrons. The average Bonchev–Trinajstić information content (AvgIpc) is 3.86. The van der Waals surface area contributed by atoms with Gasteiger partial charge in [0, 0.05) is 22.3 Å². The van der Waals surface area contributed by atoms with Crippen LogP contribution in [0.2, 0.25) is 0 Å². The Morgan fingerprint density at radius 1 is 0.500 bits per heavy atom.